The van der Waals surface area contributed by atoms with Gasteiger partial charge >= 0.3 is 0 Å². The Hall–Kier alpha value is -7.59. The van der Waals surface area contributed by atoms with Gasteiger partial charge in [-0.05, 0) is 103 Å². The summed E-state index contributed by atoms with van der Waals surface area (Å²) in [6.07, 6.45) is 7.96. The number of methoxy groups -OCH3 is 8. The third-order valence-corrected chi connectivity index (χ3v) is 11.3. The van der Waals surface area contributed by atoms with Crippen LogP contribution < -0.4 is 37.9 Å². The molecule has 8 bridgehead atoms. The number of fused-ring (bicyclic) bond motifs is 8. The van der Waals surface area contributed by atoms with E-state index >= 15 is 0 Å². The Morgan fingerprint density at radius 1 is 0.385 bits per heavy atom. The maximum atomic E-state index is 6.31. The highest BCUT2D eigenvalue weighted by Crippen LogP contribution is 2.57. The van der Waals surface area contributed by atoms with E-state index in [0.29, 0.717) is 113 Å². The van der Waals surface area contributed by atoms with Crippen LogP contribution in [0.2, 0.25) is 0 Å². The molecule has 3 radical (unpaired) electrons. The van der Waals surface area contributed by atoms with Crippen LogP contribution in [-0.4, -0.2) is 93.8 Å². The zero-order chi connectivity index (χ0) is 44.5. The lowest BCUT2D eigenvalue weighted by molar-refractivity contribution is 0.392. The lowest BCUT2D eigenvalue weighted by atomic mass is 9.90. The van der Waals surface area contributed by atoms with E-state index in [1.54, 1.807) is 56.9 Å². The summed E-state index contributed by atoms with van der Waals surface area (Å²) in [5.74, 6) is 4.22. The average molecular weight is 882 g/mol. The van der Waals surface area contributed by atoms with Crippen molar-refractivity contribution in [3.05, 3.63) is 126 Å². The lowest BCUT2D eigenvalue weighted by Gasteiger charge is -2.21. The van der Waals surface area contributed by atoms with Gasteiger partial charge < -0.3 is 47.4 Å². The number of nitrogens with one attached hydrogen (secondary N) is 1. The van der Waals surface area contributed by atoms with Crippen molar-refractivity contribution in [3.63, 3.8) is 0 Å². The summed E-state index contributed by atoms with van der Waals surface area (Å²) < 4.78 is 52.4. The monoisotopic (exact) mass is 881 g/mol. The number of aromatic nitrogens is 4. The first-order valence-corrected chi connectivity index (χ1v) is 20.4. The molecule has 0 saturated carbocycles. The summed E-state index contributed by atoms with van der Waals surface area (Å²) >= 11 is 0. The van der Waals surface area contributed by atoms with E-state index in [4.69, 9.17) is 47.9 Å². The normalized spacial score (nSPS) is 11.4. The van der Waals surface area contributed by atoms with Gasteiger partial charge in [0.25, 0.3) is 0 Å². The predicted molar refractivity (Wildman–Crippen MR) is 258 cm³/mol. The quantitative estimate of drug-likeness (QED) is 0.119. The number of aromatic amines is 1. The van der Waals surface area contributed by atoms with E-state index < -0.39 is 0 Å². The number of ether oxygens (including phenoxy) is 8. The van der Waals surface area contributed by atoms with Crippen LogP contribution in [0.5, 0.6) is 46.0 Å². The van der Waals surface area contributed by atoms with Gasteiger partial charge in [-0.1, -0.05) is 24.3 Å². The van der Waals surface area contributed by atoms with E-state index in [2.05, 4.69) is 9.55 Å². The van der Waals surface area contributed by atoms with Crippen LogP contribution in [0.15, 0.2) is 103 Å². The molecule has 9 rings (SSSR count). The van der Waals surface area contributed by atoms with Crippen molar-refractivity contribution in [2.45, 2.75) is 0 Å². The van der Waals surface area contributed by atoms with Crippen LogP contribution in [0.25, 0.3) is 85.4 Å². The third kappa shape index (κ3) is 7.69. The summed E-state index contributed by atoms with van der Waals surface area (Å²) in [5, 5.41) is 0. The molecular weight excluding hydrogens is 836 g/mol. The molecule has 0 atom stereocenters. The Kier molecular flexibility index (Phi) is 12.6. The van der Waals surface area contributed by atoms with E-state index in [-0.39, 0.29) is 17.4 Å². The number of hydrogen-bond acceptors (Lipinski definition) is 10. The molecule has 0 amide bonds. The zero-order valence-electron chi connectivity index (χ0n) is 37.3. The van der Waals surface area contributed by atoms with E-state index in [1.807, 2.05) is 127 Å². The first-order chi connectivity index (χ1) is 31.4. The van der Waals surface area contributed by atoms with E-state index in [9.17, 15) is 0 Å². The van der Waals surface area contributed by atoms with Crippen molar-refractivity contribution >= 4 is 63.7 Å². The Bertz CT molecular complexity index is 3100. The molecule has 13 heteroatoms. The molecular formula is C52H46AlN4O8. The Balaban J connectivity index is 0.00000576. The molecule has 0 saturated heterocycles. The van der Waals surface area contributed by atoms with Crippen LogP contribution >= 0.6 is 0 Å². The van der Waals surface area contributed by atoms with Gasteiger partial charge in [-0.3, -0.25) is 0 Å². The van der Waals surface area contributed by atoms with Crippen molar-refractivity contribution in [1.82, 2.24) is 19.5 Å². The maximum absolute atomic E-state index is 6.31. The molecule has 7 aromatic rings. The second-order valence-corrected chi connectivity index (χ2v) is 14.7. The molecule has 0 unspecified atom stereocenters. The molecule has 2 aliphatic heterocycles. The number of rotatable bonds is 12. The van der Waals surface area contributed by atoms with Crippen LogP contribution in [0, 0.1) is 0 Å². The molecule has 0 fully saturated rings. The third-order valence-electron chi connectivity index (χ3n) is 11.3. The standard InChI is InChI=1S/C52H46N4O8.Al/c1-57-37-13-9-14-38(58-2)47(37)45-35-26-25-33(55-35)28-32-22-21-30(53-32)27-31-23-24-34(54-31)29-36-46(48-39(59-3)15-10-16-40(48)60-4)50(49-41(61-5)17-11-18-42(49)62-6)52(45)56(36)51-43(63-7)19-12-20-44(51)64-8;/h9-29,53H,1-8H3;. The molecule has 3 aromatic heterocycles. The number of H-pyrrole nitrogens is 1. The zero-order valence-corrected chi connectivity index (χ0v) is 38.5. The Morgan fingerprint density at radius 3 is 1.20 bits per heavy atom. The largest absolute Gasteiger partial charge is 0.496 e. The summed E-state index contributed by atoms with van der Waals surface area (Å²) in [4.78, 5) is 14.1. The van der Waals surface area contributed by atoms with Gasteiger partial charge in [0.15, 0.2) is 0 Å². The van der Waals surface area contributed by atoms with Crippen LogP contribution in [0.3, 0.4) is 0 Å². The smallest absolute Gasteiger partial charge is 0.146 e. The summed E-state index contributed by atoms with van der Waals surface area (Å²) in [6, 6.07) is 32.9. The molecule has 4 aromatic carbocycles. The number of para-hydroxylation sites is 1. The summed E-state index contributed by atoms with van der Waals surface area (Å²) in [6.45, 7) is 0. The summed E-state index contributed by atoms with van der Waals surface area (Å²) in [5.41, 5.74) is 10.1. The molecule has 65 heavy (non-hydrogen) atoms. The molecule has 0 aliphatic carbocycles. The van der Waals surface area contributed by atoms with Gasteiger partial charge in [0.1, 0.15) is 51.7 Å². The molecule has 0 spiro atoms. The van der Waals surface area contributed by atoms with Crippen molar-refractivity contribution in [2.75, 3.05) is 56.9 Å². The second-order valence-electron chi connectivity index (χ2n) is 14.7. The van der Waals surface area contributed by atoms with Crippen molar-refractivity contribution in [2.24, 2.45) is 0 Å². The number of hydrogen-bond donors (Lipinski definition) is 1. The van der Waals surface area contributed by atoms with Crippen molar-refractivity contribution in [1.29, 1.82) is 0 Å². The highest BCUT2D eigenvalue weighted by molar-refractivity contribution is 6.15. The molecule has 325 valence electrons. The fraction of sp³-hybridized carbons (Fsp3) is 0.154. The van der Waals surface area contributed by atoms with E-state index in [1.165, 1.54) is 0 Å². The van der Waals surface area contributed by atoms with Gasteiger partial charge in [0.05, 0.1) is 107 Å². The minimum atomic E-state index is 0. The van der Waals surface area contributed by atoms with Crippen molar-refractivity contribution < 1.29 is 37.9 Å². The highest BCUT2D eigenvalue weighted by Gasteiger charge is 2.34. The molecule has 12 nitrogen and oxygen atoms in total. The summed E-state index contributed by atoms with van der Waals surface area (Å²) in [7, 11) is 13.1. The fourth-order valence-corrected chi connectivity index (χ4v) is 8.61. The average Bonchev–Trinajstić information content (AvgIpc) is 4.15. The minimum absolute atomic E-state index is 0. The minimum Gasteiger partial charge on any atom is -0.496 e. The number of benzene rings is 4. The molecule has 1 N–H and O–H groups in total. The molecule has 2 aliphatic rings. The Morgan fingerprint density at radius 2 is 0.754 bits per heavy atom. The van der Waals surface area contributed by atoms with Gasteiger partial charge in [-0.25, -0.2) is 9.97 Å². The van der Waals surface area contributed by atoms with Gasteiger partial charge in [-0.15, -0.1) is 0 Å². The number of nitrogens with zero attached hydrogens (tertiary/aromatic N) is 3. The molecule has 5 heterocycles. The predicted octanol–water partition coefficient (Wildman–Crippen LogP) is 10.8. The SMILES string of the molecule is COc1cccc(OC)c1-c1c(-c2c(OC)cccc2OC)c2c(-c3c(OC)cccc3OC)c3nc(cc4ccc(cc5nc(cc1n2-c1c(OC)cccc1OC)C=C5)[nH]4)C=C3.[Al]. The van der Waals surface area contributed by atoms with Gasteiger partial charge in [0, 0.05) is 45.1 Å². The maximum Gasteiger partial charge on any atom is 0.146 e. The van der Waals surface area contributed by atoms with Crippen LogP contribution in [0.4, 0.5) is 0 Å². The first-order valence-electron chi connectivity index (χ1n) is 20.4. The van der Waals surface area contributed by atoms with Crippen LogP contribution in [-0.2, 0) is 0 Å². The lowest BCUT2D eigenvalue weighted by Crippen LogP contribution is -2.04. The van der Waals surface area contributed by atoms with E-state index in [0.717, 1.165) is 16.7 Å². The van der Waals surface area contributed by atoms with Gasteiger partial charge in [0.2, 0.25) is 0 Å². The van der Waals surface area contributed by atoms with Gasteiger partial charge in [-0.2, -0.15) is 0 Å². The Labute approximate surface area is 387 Å². The fourth-order valence-electron chi connectivity index (χ4n) is 8.61. The van der Waals surface area contributed by atoms with Crippen molar-refractivity contribution in [3.8, 4) is 85.1 Å². The second kappa shape index (κ2) is 18.6. The first kappa shape index (κ1) is 44.0. The topological polar surface area (TPSA) is 120 Å². The highest BCUT2D eigenvalue weighted by atomic mass is 27.0. The van der Waals surface area contributed by atoms with Crippen LogP contribution in [0.1, 0.15) is 22.8 Å².